The third kappa shape index (κ3) is 5.46. The van der Waals surface area contributed by atoms with Crippen LogP contribution in [-0.2, 0) is 27.6 Å². The van der Waals surface area contributed by atoms with E-state index < -0.39 is 30.7 Å². The van der Waals surface area contributed by atoms with Gasteiger partial charge in [-0.1, -0.05) is 12.2 Å². The summed E-state index contributed by atoms with van der Waals surface area (Å²) in [6.45, 7) is 5.21. The molecular formula is C13H25O6PSSi. The predicted octanol–water partition coefficient (Wildman–Crippen LogP) is 3.98. The van der Waals surface area contributed by atoms with Gasteiger partial charge in [-0.05, 0) is 50.9 Å². The first-order valence-electron chi connectivity index (χ1n) is 7.20. The van der Waals surface area contributed by atoms with Gasteiger partial charge in [0, 0.05) is 14.2 Å². The van der Waals surface area contributed by atoms with E-state index in [0.29, 0.717) is 0 Å². The molecule has 22 heavy (non-hydrogen) atoms. The summed E-state index contributed by atoms with van der Waals surface area (Å²) in [6, 6.07) is 0. The molecule has 0 aromatic carbocycles. The van der Waals surface area contributed by atoms with E-state index in [9.17, 15) is 13.0 Å². The van der Waals surface area contributed by atoms with E-state index in [-0.39, 0.29) is 0 Å². The quantitative estimate of drug-likeness (QED) is 0.401. The van der Waals surface area contributed by atoms with Crippen molar-refractivity contribution in [3.63, 3.8) is 0 Å². The first kappa shape index (κ1) is 19.8. The number of hydrogen-bond acceptors (Lipinski definition) is 6. The highest BCUT2D eigenvalue weighted by molar-refractivity contribution is 8.00. The van der Waals surface area contributed by atoms with Crippen molar-refractivity contribution in [1.82, 2.24) is 0 Å². The van der Waals surface area contributed by atoms with Gasteiger partial charge in [-0.2, -0.15) is 8.42 Å². The van der Waals surface area contributed by atoms with E-state index in [1.807, 2.05) is 0 Å². The zero-order valence-electron chi connectivity index (χ0n) is 13.8. The summed E-state index contributed by atoms with van der Waals surface area (Å²) in [5.41, 5.74) is 3.61. The Morgan fingerprint density at radius 3 is 2.00 bits per heavy atom. The fourth-order valence-corrected chi connectivity index (χ4v) is 8.00. The van der Waals surface area contributed by atoms with Crippen LogP contribution in [0.5, 0.6) is 0 Å². The molecule has 6 nitrogen and oxygen atoms in total. The van der Waals surface area contributed by atoms with Crippen molar-refractivity contribution in [1.29, 1.82) is 0 Å². The number of allylic oxidation sites excluding steroid dienone is 1. The smallest absolute Gasteiger partial charge is 0.311 e. The molecule has 1 saturated carbocycles. The normalized spacial score (nSPS) is 17.2. The van der Waals surface area contributed by atoms with Gasteiger partial charge in [0.25, 0.3) is 0 Å². The molecule has 1 aliphatic carbocycles. The van der Waals surface area contributed by atoms with Crippen molar-refractivity contribution >= 4 is 26.0 Å². The second kappa shape index (κ2) is 7.58. The monoisotopic (exact) mass is 368 g/mol. The molecule has 0 spiro atoms. The third-order valence-electron chi connectivity index (χ3n) is 3.07. The highest BCUT2D eigenvalue weighted by Crippen LogP contribution is 2.57. The summed E-state index contributed by atoms with van der Waals surface area (Å²) in [6.07, 6.45) is 4.51. The maximum Gasteiger partial charge on any atom is 0.382 e. The van der Waals surface area contributed by atoms with Gasteiger partial charge < -0.3 is 12.9 Å². The predicted molar refractivity (Wildman–Crippen MR) is 88.6 cm³/mol. The van der Waals surface area contributed by atoms with Gasteiger partial charge in [0.15, 0.2) is 0 Å². The Balaban J connectivity index is 3.48. The second-order valence-electron chi connectivity index (χ2n) is 6.11. The minimum Gasteiger partial charge on any atom is -0.311 e. The summed E-state index contributed by atoms with van der Waals surface area (Å²) < 4.78 is 52.2. The van der Waals surface area contributed by atoms with E-state index in [1.165, 1.54) is 0 Å². The Labute approximate surface area is 134 Å². The average molecular weight is 368 g/mol. The van der Waals surface area contributed by atoms with Crippen molar-refractivity contribution in [3.8, 4) is 0 Å². The summed E-state index contributed by atoms with van der Waals surface area (Å²) in [7, 11) is -8.31. The molecule has 0 aliphatic heterocycles. The van der Waals surface area contributed by atoms with Crippen LogP contribution in [0.3, 0.4) is 0 Å². The van der Waals surface area contributed by atoms with Gasteiger partial charge in [-0.3, -0.25) is 4.57 Å². The SMILES string of the molecule is COP(=O)(OC)C(=C=C1CCCCC1)S(=O)(=O)O[Si](C)(C)C. The van der Waals surface area contributed by atoms with Crippen LogP contribution in [0, 0.1) is 0 Å². The van der Waals surface area contributed by atoms with Gasteiger partial charge in [0.2, 0.25) is 13.0 Å². The molecule has 0 aromatic rings. The van der Waals surface area contributed by atoms with Gasteiger partial charge in [-0.15, -0.1) is 0 Å². The lowest BCUT2D eigenvalue weighted by atomic mass is 9.96. The summed E-state index contributed by atoms with van der Waals surface area (Å²) >= 11 is 0. The van der Waals surface area contributed by atoms with Crippen LogP contribution in [0.2, 0.25) is 19.6 Å². The molecule has 128 valence electrons. The van der Waals surface area contributed by atoms with E-state index in [4.69, 9.17) is 12.9 Å². The Morgan fingerprint density at radius 2 is 1.59 bits per heavy atom. The van der Waals surface area contributed by atoms with Gasteiger partial charge >= 0.3 is 17.7 Å². The molecule has 0 heterocycles. The summed E-state index contributed by atoms with van der Waals surface area (Å²) in [4.78, 5) is 0. The molecule has 0 radical (unpaired) electrons. The summed E-state index contributed by atoms with van der Waals surface area (Å²) in [5.74, 6) is 0. The maximum absolute atomic E-state index is 12.7. The first-order chi connectivity index (χ1) is 10.0. The average Bonchev–Trinajstić information content (AvgIpc) is 2.42. The molecule has 0 saturated heterocycles. The first-order valence-corrected chi connectivity index (χ1v) is 13.6. The van der Waals surface area contributed by atoms with Crippen LogP contribution in [-0.4, -0.2) is 31.0 Å². The van der Waals surface area contributed by atoms with Gasteiger partial charge in [0.1, 0.15) is 0 Å². The van der Waals surface area contributed by atoms with E-state index in [2.05, 4.69) is 5.73 Å². The van der Waals surface area contributed by atoms with E-state index >= 15 is 0 Å². The lowest BCUT2D eigenvalue weighted by molar-refractivity contribution is 0.284. The molecule has 1 rings (SSSR count). The minimum absolute atomic E-state index is 0.510. The fraction of sp³-hybridized carbons (Fsp3) is 0.769. The molecule has 0 atom stereocenters. The highest BCUT2D eigenvalue weighted by atomic mass is 32.2. The van der Waals surface area contributed by atoms with Crippen LogP contribution >= 0.6 is 7.60 Å². The van der Waals surface area contributed by atoms with Crippen LogP contribution in [0.4, 0.5) is 0 Å². The minimum atomic E-state index is -4.23. The topological polar surface area (TPSA) is 78.9 Å². The van der Waals surface area contributed by atoms with Crippen molar-refractivity contribution in [3.05, 3.63) is 16.0 Å². The Bertz CT molecular complexity index is 597. The maximum atomic E-state index is 12.7. The van der Waals surface area contributed by atoms with Crippen LogP contribution in [0.1, 0.15) is 32.1 Å². The largest absolute Gasteiger partial charge is 0.382 e. The van der Waals surface area contributed by atoms with Crippen molar-refractivity contribution in [2.24, 2.45) is 0 Å². The lowest BCUT2D eigenvalue weighted by Crippen LogP contribution is -2.30. The molecule has 0 aromatic heterocycles. The van der Waals surface area contributed by atoms with Crippen LogP contribution in [0.15, 0.2) is 16.0 Å². The number of rotatable bonds is 6. The molecule has 1 fully saturated rings. The standard InChI is InChI=1S/C13H25O6PSSi/c1-17-20(14,18-2)13(11-12-9-7-6-8-10-12)21(15,16)19-22(3,4)5/h6-10H2,1-5H3. The van der Waals surface area contributed by atoms with Crippen LogP contribution in [0.25, 0.3) is 0 Å². The third-order valence-corrected chi connectivity index (χ3v) is 9.43. The molecule has 9 heteroatoms. The molecule has 0 bridgehead atoms. The van der Waals surface area contributed by atoms with Crippen molar-refractivity contribution in [2.45, 2.75) is 51.7 Å². The Kier molecular flexibility index (Phi) is 6.83. The Morgan fingerprint density at radius 1 is 1.09 bits per heavy atom. The van der Waals surface area contributed by atoms with E-state index in [1.54, 1.807) is 19.6 Å². The zero-order chi connectivity index (χ0) is 17.0. The molecular weight excluding hydrogens is 343 g/mol. The highest BCUT2D eigenvalue weighted by Gasteiger charge is 2.41. The lowest BCUT2D eigenvalue weighted by Gasteiger charge is -2.21. The van der Waals surface area contributed by atoms with Crippen LogP contribution < -0.4 is 0 Å². The molecule has 0 amide bonds. The fourth-order valence-electron chi connectivity index (χ4n) is 2.13. The summed E-state index contributed by atoms with van der Waals surface area (Å²) in [5, 5.41) is 0. The van der Waals surface area contributed by atoms with E-state index in [0.717, 1.165) is 51.9 Å². The zero-order valence-corrected chi connectivity index (χ0v) is 16.6. The second-order valence-corrected chi connectivity index (χ2v) is 14.8. The van der Waals surface area contributed by atoms with Gasteiger partial charge in [0.05, 0.1) is 0 Å². The molecule has 0 N–H and O–H groups in total. The number of hydrogen-bond donors (Lipinski definition) is 0. The van der Waals surface area contributed by atoms with Crippen molar-refractivity contribution < 1.29 is 25.9 Å². The Hall–Kier alpha value is -0.203. The van der Waals surface area contributed by atoms with Gasteiger partial charge in [-0.25, -0.2) is 0 Å². The molecule has 0 unspecified atom stereocenters. The molecule has 1 aliphatic rings. The van der Waals surface area contributed by atoms with Crippen molar-refractivity contribution in [2.75, 3.05) is 14.2 Å².